The van der Waals surface area contributed by atoms with Crippen molar-refractivity contribution < 1.29 is 14.3 Å². The number of carbonyl (C=O) groups excluding carboxylic acids is 1. The molecular weight excluding hydrogens is 228 g/mol. The summed E-state index contributed by atoms with van der Waals surface area (Å²) in [5, 5.41) is 2.41. The molecule has 2 aliphatic rings. The van der Waals surface area contributed by atoms with E-state index >= 15 is 0 Å². The fourth-order valence-electron chi connectivity index (χ4n) is 2.17. The number of ether oxygens (including phenoxy) is 2. The number of ketones is 1. The van der Waals surface area contributed by atoms with E-state index in [-0.39, 0.29) is 30.5 Å². The van der Waals surface area contributed by atoms with Gasteiger partial charge in [-0.1, -0.05) is 0 Å². The van der Waals surface area contributed by atoms with Crippen molar-refractivity contribution in [1.82, 2.24) is 9.78 Å². The SMILES string of the molecule is O=C1C[C@@H](n2[nH]c(=O)ccc2=O)[C@@H]2CO[C@H]1O2. The molecule has 3 rings (SSSR count). The predicted molar refractivity (Wildman–Crippen MR) is 54.6 cm³/mol. The van der Waals surface area contributed by atoms with Gasteiger partial charge in [0.1, 0.15) is 6.10 Å². The molecule has 17 heavy (non-hydrogen) atoms. The van der Waals surface area contributed by atoms with Crippen LogP contribution < -0.4 is 11.1 Å². The number of nitrogens with zero attached hydrogens (tertiary/aromatic N) is 1. The Morgan fingerprint density at radius 1 is 1.29 bits per heavy atom. The first kappa shape index (κ1) is 10.4. The number of aromatic amines is 1. The molecule has 7 nitrogen and oxygen atoms in total. The summed E-state index contributed by atoms with van der Waals surface area (Å²) in [5.74, 6) is -0.208. The standard InChI is InChI=1S/C10H10N2O5/c13-6-3-5(7-4-16-10(6)17-7)12-9(15)2-1-8(14)11-12/h1-2,5,7,10H,3-4H2,(H,11,14)/t5-,7+,10+/m1/s1. The molecule has 1 N–H and O–H groups in total. The van der Waals surface area contributed by atoms with Crippen LogP contribution in [0.4, 0.5) is 0 Å². The van der Waals surface area contributed by atoms with Crippen LogP contribution in [-0.4, -0.2) is 34.6 Å². The molecule has 0 aliphatic carbocycles. The number of hydrogen-bond acceptors (Lipinski definition) is 5. The van der Waals surface area contributed by atoms with E-state index in [1.165, 1.54) is 6.07 Å². The molecule has 1 aromatic rings. The van der Waals surface area contributed by atoms with Crippen LogP contribution in [0.5, 0.6) is 0 Å². The van der Waals surface area contributed by atoms with E-state index in [2.05, 4.69) is 5.10 Å². The van der Waals surface area contributed by atoms with E-state index in [0.717, 1.165) is 10.7 Å². The van der Waals surface area contributed by atoms with E-state index in [1.54, 1.807) is 0 Å². The fourth-order valence-corrected chi connectivity index (χ4v) is 2.17. The first-order valence-corrected chi connectivity index (χ1v) is 5.27. The van der Waals surface area contributed by atoms with Gasteiger partial charge in [0.2, 0.25) is 6.29 Å². The highest BCUT2D eigenvalue weighted by molar-refractivity contribution is 5.83. The summed E-state index contributed by atoms with van der Waals surface area (Å²) >= 11 is 0. The van der Waals surface area contributed by atoms with Crippen LogP contribution in [0.15, 0.2) is 21.7 Å². The minimum Gasteiger partial charge on any atom is -0.343 e. The Morgan fingerprint density at radius 3 is 2.94 bits per heavy atom. The number of rotatable bonds is 1. The van der Waals surface area contributed by atoms with Crippen LogP contribution in [0.3, 0.4) is 0 Å². The van der Waals surface area contributed by atoms with Crippen molar-refractivity contribution in [2.75, 3.05) is 6.61 Å². The highest BCUT2D eigenvalue weighted by Gasteiger charge is 2.44. The summed E-state index contributed by atoms with van der Waals surface area (Å²) in [6.45, 7) is 0.254. The highest BCUT2D eigenvalue weighted by Crippen LogP contribution is 2.31. The summed E-state index contributed by atoms with van der Waals surface area (Å²) in [5.41, 5.74) is -0.755. The van der Waals surface area contributed by atoms with Gasteiger partial charge in [-0.15, -0.1) is 0 Å². The molecule has 2 saturated heterocycles. The van der Waals surface area contributed by atoms with Gasteiger partial charge in [0.15, 0.2) is 5.78 Å². The zero-order chi connectivity index (χ0) is 12.0. The zero-order valence-electron chi connectivity index (χ0n) is 8.79. The highest BCUT2D eigenvalue weighted by atomic mass is 16.7. The molecule has 0 amide bonds. The molecule has 7 heteroatoms. The van der Waals surface area contributed by atoms with Crippen LogP contribution in [0.1, 0.15) is 12.5 Å². The third kappa shape index (κ3) is 1.63. The number of aromatic nitrogens is 2. The number of carbonyl (C=O) groups is 1. The molecule has 0 spiro atoms. The maximum atomic E-state index is 11.6. The minimum atomic E-state index is -0.803. The number of Topliss-reactive ketones (excluding diaryl/α,β-unsaturated/α-hetero) is 1. The van der Waals surface area contributed by atoms with Crippen molar-refractivity contribution in [2.24, 2.45) is 0 Å². The number of hydrogen-bond donors (Lipinski definition) is 1. The van der Waals surface area contributed by atoms with Crippen molar-refractivity contribution >= 4 is 5.78 Å². The molecule has 2 aliphatic heterocycles. The number of nitrogens with one attached hydrogen (secondary N) is 1. The summed E-state index contributed by atoms with van der Waals surface area (Å²) in [6, 6.07) is 1.83. The summed E-state index contributed by atoms with van der Waals surface area (Å²) in [4.78, 5) is 34.4. The predicted octanol–water partition coefficient (Wildman–Crippen LogP) is -1.21. The lowest BCUT2D eigenvalue weighted by atomic mass is 10.0. The fraction of sp³-hybridized carbons (Fsp3) is 0.500. The van der Waals surface area contributed by atoms with Crippen LogP contribution in [0, 0.1) is 0 Å². The van der Waals surface area contributed by atoms with Gasteiger partial charge in [-0.2, -0.15) is 0 Å². The second kappa shape index (κ2) is 3.64. The molecule has 0 unspecified atom stereocenters. The molecule has 2 bridgehead atoms. The number of H-pyrrole nitrogens is 1. The van der Waals surface area contributed by atoms with Crippen molar-refractivity contribution in [3.8, 4) is 0 Å². The normalized spacial score (nSPS) is 31.8. The molecule has 1 aromatic heterocycles. The van der Waals surface area contributed by atoms with Crippen LogP contribution in [0.2, 0.25) is 0 Å². The zero-order valence-corrected chi connectivity index (χ0v) is 8.79. The van der Waals surface area contributed by atoms with Gasteiger partial charge in [-0.25, -0.2) is 4.68 Å². The van der Waals surface area contributed by atoms with E-state index in [4.69, 9.17) is 9.47 Å². The Balaban J connectivity index is 2.03. The molecule has 3 atom stereocenters. The maximum absolute atomic E-state index is 11.6. The smallest absolute Gasteiger partial charge is 0.265 e. The lowest BCUT2D eigenvalue weighted by molar-refractivity contribution is -0.156. The quantitative estimate of drug-likeness (QED) is 0.663. The van der Waals surface area contributed by atoms with Crippen LogP contribution in [-0.2, 0) is 14.3 Å². The maximum Gasteiger partial charge on any atom is 0.265 e. The van der Waals surface area contributed by atoms with Gasteiger partial charge in [-0.05, 0) is 0 Å². The lowest BCUT2D eigenvalue weighted by Crippen LogP contribution is -2.43. The van der Waals surface area contributed by atoms with Gasteiger partial charge in [0.05, 0.1) is 12.6 Å². The Kier molecular flexibility index (Phi) is 2.23. The average molecular weight is 238 g/mol. The topological polar surface area (TPSA) is 90.4 Å². The van der Waals surface area contributed by atoms with Crippen LogP contribution >= 0.6 is 0 Å². The van der Waals surface area contributed by atoms with Gasteiger partial charge >= 0.3 is 0 Å². The summed E-state index contributed by atoms with van der Waals surface area (Å²) < 4.78 is 11.6. The number of fused-ring (bicyclic) bond motifs is 2. The van der Waals surface area contributed by atoms with E-state index in [0.29, 0.717) is 0 Å². The minimum absolute atomic E-state index is 0.134. The molecule has 2 fully saturated rings. The molecule has 3 heterocycles. The second-order valence-electron chi connectivity index (χ2n) is 4.10. The second-order valence-corrected chi connectivity index (χ2v) is 4.10. The molecule has 0 radical (unpaired) electrons. The van der Waals surface area contributed by atoms with E-state index < -0.39 is 17.9 Å². The monoisotopic (exact) mass is 238 g/mol. The third-order valence-corrected chi connectivity index (χ3v) is 2.99. The molecule has 0 aromatic carbocycles. The summed E-state index contributed by atoms with van der Waals surface area (Å²) in [6.07, 6.45) is -1.04. The Labute approximate surface area is 94.9 Å². The molecule has 0 saturated carbocycles. The van der Waals surface area contributed by atoms with Crippen LogP contribution in [0.25, 0.3) is 0 Å². The van der Waals surface area contributed by atoms with Crippen molar-refractivity contribution in [2.45, 2.75) is 24.9 Å². The van der Waals surface area contributed by atoms with Gasteiger partial charge < -0.3 is 9.47 Å². The van der Waals surface area contributed by atoms with E-state index in [1.807, 2.05) is 0 Å². The van der Waals surface area contributed by atoms with E-state index in [9.17, 15) is 14.4 Å². The van der Waals surface area contributed by atoms with Gasteiger partial charge in [0, 0.05) is 18.6 Å². The average Bonchev–Trinajstić information content (AvgIpc) is 2.73. The van der Waals surface area contributed by atoms with Crippen molar-refractivity contribution in [1.29, 1.82) is 0 Å². The van der Waals surface area contributed by atoms with Gasteiger partial charge in [0.25, 0.3) is 11.1 Å². The first-order valence-electron chi connectivity index (χ1n) is 5.27. The largest absolute Gasteiger partial charge is 0.343 e. The molecular formula is C10H10N2O5. The first-order chi connectivity index (χ1) is 8.15. The lowest BCUT2D eigenvalue weighted by Gasteiger charge is -2.27. The Hall–Kier alpha value is -1.73. The molecule has 90 valence electrons. The third-order valence-electron chi connectivity index (χ3n) is 2.99. The van der Waals surface area contributed by atoms with Gasteiger partial charge in [-0.3, -0.25) is 19.5 Å². The Bertz CT molecular complexity index is 575. The Morgan fingerprint density at radius 2 is 2.12 bits per heavy atom. The van der Waals surface area contributed by atoms with Crippen molar-refractivity contribution in [3.63, 3.8) is 0 Å². The van der Waals surface area contributed by atoms with Crippen molar-refractivity contribution in [3.05, 3.63) is 32.8 Å². The summed E-state index contributed by atoms with van der Waals surface area (Å²) in [7, 11) is 0.